The quantitative estimate of drug-likeness (QED) is 0.601. The Hall–Kier alpha value is -0.760. The van der Waals surface area contributed by atoms with E-state index in [1.807, 2.05) is 0 Å². The fourth-order valence-electron chi connectivity index (χ4n) is 0.665. The van der Waals surface area contributed by atoms with Gasteiger partial charge in [-0.15, -0.1) is 0 Å². The summed E-state index contributed by atoms with van der Waals surface area (Å²) in [5.74, 6) is 0. The zero-order valence-corrected chi connectivity index (χ0v) is 7.47. The van der Waals surface area contributed by atoms with E-state index >= 15 is 0 Å². The van der Waals surface area contributed by atoms with E-state index < -0.39 is 23.7 Å². The van der Waals surface area contributed by atoms with Gasteiger partial charge in [0.25, 0.3) is 7.14 Å². The number of hydrogen-bond acceptors (Lipinski definition) is 4. The Morgan fingerprint density at radius 3 is 1.00 bits per heavy atom. The molecule has 5 heteroatoms. The van der Waals surface area contributed by atoms with Crippen LogP contribution in [0.4, 0.5) is 0 Å². The number of carbonyl (C=O) groups excluding carboxylic acids is 3. The molecule has 0 aromatic rings. The van der Waals surface area contributed by atoms with Crippen molar-refractivity contribution in [2.45, 2.75) is 20.8 Å². The lowest BCUT2D eigenvalue weighted by molar-refractivity contribution is -0.115. The summed E-state index contributed by atoms with van der Waals surface area (Å²) in [6.07, 6.45) is 0. The molecule has 0 unspecified atom stereocenters. The summed E-state index contributed by atoms with van der Waals surface area (Å²) in [6, 6.07) is 0. The first-order chi connectivity index (χ1) is 4.83. The van der Waals surface area contributed by atoms with Crippen LogP contribution in [0.5, 0.6) is 0 Å². The maximum atomic E-state index is 11.3. The van der Waals surface area contributed by atoms with E-state index in [0.29, 0.717) is 0 Å². The molecule has 0 rings (SSSR count). The molecule has 4 nitrogen and oxygen atoms in total. The van der Waals surface area contributed by atoms with Crippen molar-refractivity contribution < 1.29 is 18.9 Å². The fraction of sp³-hybridized carbons (Fsp3) is 0.500. The van der Waals surface area contributed by atoms with Crippen molar-refractivity contribution in [3.8, 4) is 0 Å². The van der Waals surface area contributed by atoms with Gasteiger partial charge in [0.15, 0.2) is 0 Å². The third kappa shape index (κ3) is 1.63. The van der Waals surface area contributed by atoms with Crippen LogP contribution in [0.25, 0.3) is 0 Å². The second-order valence-corrected chi connectivity index (χ2v) is 5.27. The van der Waals surface area contributed by atoms with Crippen molar-refractivity contribution in [1.82, 2.24) is 0 Å². The van der Waals surface area contributed by atoms with Gasteiger partial charge in [-0.1, -0.05) is 0 Å². The minimum atomic E-state index is -3.85. The molecule has 0 fully saturated rings. The summed E-state index contributed by atoms with van der Waals surface area (Å²) >= 11 is 0. The van der Waals surface area contributed by atoms with Crippen LogP contribution < -0.4 is 0 Å². The molecule has 0 saturated heterocycles. The molecule has 0 aliphatic heterocycles. The highest BCUT2D eigenvalue weighted by atomic mass is 31.2. The maximum Gasteiger partial charge on any atom is 0.271 e. The average Bonchev–Trinajstić information content (AvgIpc) is 1.84. The van der Waals surface area contributed by atoms with Crippen molar-refractivity contribution in [2.75, 3.05) is 0 Å². The van der Waals surface area contributed by atoms with Crippen molar-refractivity contribution >= 4 is 23.7 Å². The van der Waals surface area contributed by atoms with Crippen LogP contribution in [0.2, 0.25) is 0 Å². The summed E-state index contributed by atoms with van der Waals surface area (Å²) in [7, 11) is -3.85. The van der Waals surface area contributed by atoms with Gasteiger partial charge in [0.05, 0.1) is 0 Å². The molecule has 0 bridgehead atoms. The van der Waals surface area contributed by atoms with Gasteiger partial charge < -0.3 is 0 Å². The molecule has 0 aliphatic carbocycles. The van der Waals surface area contributed by atoms with Crippen LogP contribution in [0.3, 0.4) is 0 Å². The second kappa shape index (κ2) is 3.09. The van der Waals surface area contributed by atoms with E-state index in [2.05, 4.69) is 0 Å². The minimum Gasteiger partial charge on any atom is -0.299 e. The standard InChI is InChI=1S/C6H9O4P/c1-4(7)11(10,5(2)8)6(3)9/h1-3H3. The average molecular weight is 176 g/mol. The van der Waals surface area contributed by atoms with Crippen LogP contribution in [-0.4, -0.2) is 16.6 Å². The van der Waals surface area contributed by atoms with Crippen LogP contribution in [0.15, 0.2) is 0 Å². The molecule has 0 amide bonds. The first-order valence-corrected chi connectivity index (χ1v) is 4.67. The molecule has 0 radical (unpaired) electrons. The van der Waals surface area contributed by atoms with E-state index in [1.165, 1.54) is 0 Å². The lowest BCUT2D eigenvalue weighted by Crippen LogP contribution is -2.09. The molecule has 0 atom stereocenters. The monoisotopic (exact) mass is 176 g/mol. The van der Waals surface area contributed by atoms with Gasteiger partial charge in [-0.2, -0.15) is 0 Å². The van der Waals surface area contributed by atoms with E-state index in [4.69, 9.17) is 0 Å². The fourth-order valence-corrected chi connectivity index (χ4v) is 2.00. The largest absolute Gasteiger partial charge is 0.299 e. The predicted molar refractivity (Wildman–Crippen MR) is 39.6 cm³/mol. The summed E-state index contributed by atoms with van der Waals surface area (Å²) in [6.45, 7) is 2.97. The molecular formula is C6H9O4P. The van der Waals surface area contributed by atoms with Gasteiger partial charge in [-0.3, -0.25) is 18.9 Å². The van der Waals surface area contributed by atoms with Crippen LogP contribution in [0, 0.1) is 0 Å². The Balaban J connectivity index is 5.18. The molecule has 0 heterocycles. The molecule has 0 saturated carbocycles. The zero-order chi connectivity index (χ0) is 9.23. The highest BCUT2D eigenvalue weighted by Gasteiger charge is 2.38. The predicted octanol–water partition coefficient (Wildman–Crippen LogP) is 0.989. The van der Waals surface area contributed by atoms with Crippen molar-refractivity contribution in [3.63, 3.8) is 0 Å². The number of rotatable bonds is 3. The third-order valence-corrected chi connectivity index (χ3v) is 3.99. The van der Waals surface area contributed by atoms with Crippen LogP contribution in [-0.2, 0) is 18.9 Å². The van der Waals surface area contributed by atoms with Crippen LogP contribution in [0.1, 0.15) is 20.8 Å². The van der Waals surface area contributed by atoms with Gasteiger partial charge in [0.1, 0.15) is 0 Å². The van der Waals surface area contributed by atoms with Crippen molar-refractivity contribution in [2.24, 2.45) is 0 Å². The molecule has 0 aliphatic rings. The molecule has 11 heavy (non-hydrogen) atoms. The molecule has 0 aromatic heterocycles. The molecular weight excluding hydrogens is 167 g/mol. The highest BCUT2D eigenvalue weighted by Crippen LogP contribution is 2.47. The second-order valence-electron chi connectivity index (χ2n) is 2.17. The van der Waals surface area contributed by atoms with Gasteiger partial charge >= 0.3 is 0 Å². The van der Waals surface area contributed by atoms with E-state index in [9.17, 15) is 18.9 Å². The Kier molecular flexibility index (Phi) is 2.88. The molecule has 0 spiro atoms. The lowest BCUT2D eigenvalue weighted by atomic mass is 10.9. The number of carbonyl (C=O) groups is 3. The first kappa shape index (κ1) is 10.2. The maximum absolute atomic E-state index is 11.3. The highest BCUT2D eigenvalue weighted by molar-refractivity contribution is 8.06. The first-order valence-electron chi connectivity index (χ1n) is 2.97. The van der Waals surface area contributed by atoms with E-state index in [0.717, 1.165) is 20.8 Å². The normalized spacial score (nSPS) is 10.8. The third-order valence-electron chi connectivity index (χ3n) is 1.33. The van der Waals surface area contributed by atoms with E-state index in [1.54, 1.807) is 0 Å². The SMILES string of the molecule is CC(=O)P(=O)(C(C)=O)C(C)=O. The molecule has 0 N–H and O–H groups in total. The van der Waals surface area contributed by atoms with Crippen LogP contribution >= 0.6 is 7.14 Å². The van der Waals surface area contributed by atoms with Gasteiger partial charge in [-0.05, 0) is 0 Å². The topological polar surface area (TPSA) is 68.3 Å². The van der Waals surface area contributed by atoms with E-state index in [-0.39, 0.29) is 0 Å². The Labute approximate surface area is 64.3 Å². The van der Waals surface area contributed by atoms with Gasteiger partial charge in [0, 0.05) is 20.8 Å². The Bertz CT molecular complexity index is 223. The Morgan fingerprint density at radius 2 is 1.00 bits per heavy atom. The summed E-state index contributed by atoms with van der Waals surface area (Å²) in [4.78, 5) is 31.9. The summed E-state index contributed by atoms with van der Waals surface area (Å²) in [5, 5.41) is 0. The smallest absolute Gasteiger partial charge is 0.271 e. The number of hydrogen-bond donors (Lipinski definition) is 0. The van der Waals surface area contributed by atoms with Crippen molar-refractivity contribution in [3.05, 3.63) is 0 Å². The lowest BCUT2D eigenvalue weighted by Gasteiger charge is -2.05. The van der Waals surface area contributed by atoms with Crippen molar-refractivity contribution in [1.29, 1.82) is 0 Å². The van der Waals surface area contributed by atoms with Gasteiger partial charge in [0.2, 0.25) is 16.6 Å². The zero-order valence-electron chi connectivity index (χ0n) is 6.58. The molecule has 62 valence electrons. The Morgan fingerprint density at radius 1 is 0.818 bits per heavy atom. The summed E-state index contributed by atoms with van der Waals surface area (Å²) in [5.41, 5.74) is -2.51. The minimum absolute atomic E-state index is 0.836. The van der Waals surface area contributed by atoms with Gasteiger partial charge in [-0.25, -0.2) is 0 Å². The summed E-state index contributed by atoms with van der Waals surface area (Å²) < 4.78 is 11.3. The molecule has 0 aromatic carbocycles.